The van der Waals surface area contributed by atoms with E-state index in [0.717, 1.165) is 0 Å². The first kappa shape index (κ1) is 22.5. The van der Waals surface area contributed by atoms with Crippen molar-refractivity contribution in [3.63, 3.8) is 0 Å². The summed E-state index contributed by atoms with van der Waals surface area (Å²) in [5.74, 6) is 0.203. The van der Waals surface area contributed by atoms with Gasteiger partial charge in [-0.2, -0.15) is 0 Å². The molecule has 3 aromatic rings. The Bertz CT molecular complexity index is 968. The van der Waals surface area contributed by atoms with Gasteiger partial charge < -0.3 is 30.4 Å². The van der Waals surface area contributed by atoms with E-state index in [-0.39, 0.29) is 26.4 Å². The first-order valence-electron chi connectivity index (χ1n) is 9.93. The van der Waals surface area contributed by atoms with E-state index in [9.17, 15) is 9.59 Å². The van der Waals surface area contributed by atoms with Gasteiger partial charge in [0.2, 0.25) is 0 Å². The largest absolute Gasteiger partial charge is 0.490 e. The number of nitrogens with two attached hydrogens (primary N) is 2. The molecule has 0 aliphatic heterocycles. The maximum absolute atomic E-state index is 12.0. The molecule has 166 valence electrons. The summed E-state index contributed by atoms with van der Waals surface area (Å²) in [4.78, 5) is 23.9. The van der Waals surface area contributed by atoms with Crippen LogP contribution in [-0.4, -0.2) is 38.4 Å². The highest BCUT2D eigenvalue weighted by Crippen LogP contribution is 2.18. The zero-order chi connectivity index (χ0) is 22.8. The third-order valence-electron chi connectivity index (χ3n) is 4.36. The molecule has 0 saturated heterocycles. The summed E-state index contributed by atoms with van der Waals surface area (Å²) in [5.41, 5.74) is 12.9. The van der Waals surface area contributed by atoms with E-state index in [1.165, 1.54) is 0 Å². The molecule has 32 heavy (non-hydrogen) atoms. The summed E-state index contributed by atoms with van der Waals surface area (Å²) in [6.45, 7) is 0.555. The van der Waals surface area contributed by atoms with Crippen molar-refractivity contribution < 1.29 is 28.5 Å². The number of hydrogen-bond acceptors (Lipinski definition) is 8. The van der Waals surface area contributed by atoms with E-state index >= 15 is 0 Å². The van der Waals surface area contributed by atoms with Crippen LogP contribution in [0.2, 0.25) is 0 Å². The number of ether oxygens (including phenoxy) is 4. The second-order valence-electron chi connectivity index (χ2n) is 6.61. The molecule has 0 aliphatic carbocycles. The number of para-hydroxylation sites is 2. The van der Waals surface area contributed by atoms with Gasteiger partial charge in [0, 0.05) is 11.4 Å². The monoisotopic (exact) mass is 436 g/mol. The van der Waals surface area contributed by atoms with Gasteiger partial charge in [-0.1, -0.05) is 24.3 Å². The van der Waals surface area contributed by atoms with Crippen molar-refractivity contribution in [3.05, 3.63) is 83.9 Å². The lowest BCUT2D eigenvalue weighted by Gasteiger charge is -2.10. The predicted molar refractivity (Wildman–Crippen MR) is 120 cm³/mol. The molecule has 0 fully saturated rings. The molecule has 0 heterocycles. The van der Waals surface area contributed by atoms with E-state index in [0.29, 0.717) is 34.0 Å². The van der Waals surface area contributed by atoms with Crippen molar-refractivity contribution in [3.8, 4) is 11.5 Å². The maximum Gasteiger partial charge on any atom is 0.340 e. The smallest absolute Gasteiger partial charge is 0.340 e. The Morgan fingerprint density at radius 1 is 0.562 bits per heavy atom. The van der Waals surface area contributed by atoms with Gasteiger partial charge in [-0.05, 0) is 48.5 Å². The van der Waals surface area contributed by atoms with Crippen LogP contribution in [0.3, 0.4) is 0 Å². The second-order valence-corrected chi connectivity index (χ2v) is 6.61. The van der Waals surface area contributed by atoms with Gasteiger partial charge in [0.05, 0.1) is 11.1 Å². The summed E-state index contributed by atoms with van der Waals surface area (Å²) in [7, 11) is 0. The molecule has 3 aromatic carbocycles. The number of esters is 2. The van der Waals surface area contributed by atoms with Crippen molar-refractivity contribution >= 4 is 23.3 Å². The van der Waals surface area contributed by atoms with Crippen LogP contribution in [0.15, 0.2) is 72.8 Å². The van der Waals surface area contributed by atoms with E-state index in [1.807, 2.05) is 0 Å². The molecule has 0 saturated carbocycles. The highest BCUT2D eigenvalue weighted by atomic mass is 16.6. The molecule has 0 spiro atoms. The predicted octanol–water partition coefficient (Wildman–Crippen LogP) is 3.32. The van der Waals surface area contributed by atoms with Crippen LogP contribution in [0.5, 0.6) is 11.5 Å². The normalized spacial score (nSPS) is 10.2. The molecule has 0 aromatic heterocycles. The van der Waals surface area contributed by atoms with Gasteiger partial charge in [0.1, 0.15) is 37.9 Å². The first-order chi connectivity index (χ1) is 15.5. The Kier molecular flexibility index (Phi) is 7.91. The zero-order valence-corrected chi connectivity index (χ0v) is 17.4. The first-order valence-corrected chi connectivity index (χ1v) is 9.93. The van der Waals surface area contributed by atoms with E-state index in [2.05, 4.69) is 0 Å². The molecule has 3 rings (SSSR count). The Morgan fingerprint density at radius 3 is 1.31 bits per heavy atom. The Morgan fingerprint density at radius 2 is 0.938 bits per heavy atom. The van der Waals surface area contributed by atoms with Crippen molar-refractivity contribution in [1.82, 2.24) is 0 Å². The number of hydrogen-bond donors (Lipinski definition) is 2. The van der Waals surface area contributed by atoms with Gasteiger partial charge in [0.15, 0.2) is 0 Å². The molecule has 8 heteroatoms. The average Bonchev–Trinajstić information content (AvgIpc) is 2.80. The fourth-order valence-electron chi connectivity index (χ4n) is 2.74. The van der Waals surface area contributed by atoms with Gasteiger partial charge in [-0.15, -0.1) is 0 Å². The van der Waals surface area contributed by atoms with E-state index in [4.69, 9.17) is 30.4 Å². The molecule has 0 aliphatic rings. The van der Waals surface area contributed by atoms with Crippen LogP contribution in [0, 0.1) is 0 Å². The molecule has 0 unspecified atom stereocenters. The van der Waals surface area contributed by atoms with Crippen molar-refractivity contribution in [2.45, 2.75) is 0 Å². The third kappa shape index (κ3) is 6.40. The number of benzene rings is 3. The standard InChI is InChI=1S/C24H24N2O6/c25-21-7-3-1-5-19(21)23(27)31-15-13-29-17-9-11-18(12-10-17)30-14-16-32-24(28)20-6-2-4-8-22(20)26/h1-12H,13-16,25-26H2. The van der Waals surface area contributed by atoms with Crippen molar-refractivity contribution in [2.75, 3.05) is 37.9 Å². The molecule has 0 bridgehead atoms. The average molecular weight is 436 g/mol. The number of carbonyl (C=O) groups is 2. The fraction of sp³-hybridized carbons (Fsp3) is 0.167. The minimum atomic E-state index is -0.494. The van der Waals surface area contributed by atoms with Crippen LogP contribution >= 0.6 is 0 Å². The number of nitrogen functional groups attached to an aromatic ring is 2. The van der Waals surface area contributed by atoms with Gasteiger partial charge in [-0.25, -0.2) is 9.59 Å². The topological polar surface area (TPSA) is 123 Å². The zero-order valence-electron chi connectivity index (χ0n) is 17.4. The van der Waals surface area contributed by atoms with Gasteiger partial charge in [-0.3, -0.25) is 0 Å². The molecule has 8 nitrogen and oxygen atoms in total. The summed E-state index contributed by atoms with van der Waals surface area (Å²) >= 11 is 0. The Hall–Kier alpha value is -4.20. The number of carbonyl (C=O) groups excluding carboxylic acids is 2. The molecule has 0 atom stereocenters. The molecule has 4 N–H and O–H groups in total. The van der Waals surface area contributed by atoms with E-state index in [1.54, 1.807) is 72.8 Å². The number of anilines is 2. The molecule has 0 radical (unpaired) electrons. The lowest BCUT2D eigenvalue weighted by Crippen LogP contribution is -2.14. The molecule has 0 amide bonds. The van der Waals surface area contributed by atoms with Crippen molar-refractivity contribution in [1.29, 1.82) is 0 Å². The highest BCUT2D eigenvalue weighted by molar-refractivity contribution is 5.95. The molecular weight excluding hydrogens is 412 g/mol. The van der Waals surface area contributed by atoms with E-state index < -0.39 is 11.9 Å². The molecular formula is C24H24N2O6. The van der Waals surface area contributed by atoms with Crippen molar-refractivity contribution in [2.24, 2.45) is 0 Å². The quantitative estimate of drug-likeness (QED) is 0.282. The summed E-state index contributed by atoms with van der Waals surface area (Å²) in [6.07, 6.45) is 0. The summed E-state index contributed by atoms with van der Waals surface area (Å²) in [6, 6.07) is 20.3. The third-order valence-corrected chi connectivity index (χ3v) is 4.36. The summed E-state index contributed by atoms with van der Waals surface area (Å²) < 4.78 is 21.4. The lowest BCUT2D eigenvalue weighted by atomic mass is 10.2. The van der Waals surface area contributed by atoms with Crippen LogP contribution in [0.4, 0.5) is 11.4 Å². The summed E-state index contributed by atoms with van der Waals surface area (Å²) in [5, 5.41) is 0. The van der Waals surface area contributed by atoms with Crippen LogP contribution in [0.25, 0.3) is 0 Å². The van der Waals surface area contributed by atoms with Crippen LogP contribution < -0.4 is 20.9 Å². The minimum Gasteiger partial charge on any atom is -0.490 e. The van der Waals surface area contributed by atoms with Crippen LogP contribution in [0.1, 0.15) is 20.7 Å². The SMILES string of the molecule is Nc1ccccc1C(=O)OCCOc1ccc(OCCOC(=O)c2ccccc2N)cc1. The number of rotatable bonds is 10. The Labute approximate surface area is 185 Å². The minimum absolute atomic E-state index is 0.0860. The Balaban J connectivity index is 1.33. The lowest BCUT2D eigenvalue weighted by molar-refractivity contribution is 0.0442. The van der Waals surface area contributed by atoms with Gasteiger partial charge >= 0.3 is 11.9 Å². The van der Waals surface area contributed by atoms with Crippen LogP contribution in [-0.2, 0) is 9.47 Å². The highest BCUT2D eigenvalue weighted by Gasteiger charge is 2.11. The maximum atomic E-state index is 12.0. The fourth-order valence-corrected chi connectivity index (χ4v) is 2.74. The van der Waals surface area contributed by atoms with Gasteiger partial charge in [0.25, 0.3) is 0 Å². The second kappa shape index (κ2) is 11.3.